The Morgan fingerprint density at radius 1 is 0.789 bits per heavy atom. The number of ether oxygens (including phenoxy) is 2. The number of aryl methyl sites for hydroxylation is 2. The van der Waals surface area contributed by atoms with Crippen LogP contribution in [0.2, 0.25) is 0 Å². The van der Waals surface area contributed by atoms with Gasteiger partial charge in [0.05, 0.1) is 31.9 Å². The van der Waals surface area contributed by atoms with Crippen LogP contribution in [-0.4, -0.2) is 71.5 Å². The molecule has 1 saturated heterocycles. The van der Waals surface area contributed by atoms with Gasteiger partial charge in [-0.3, -0.25) is 10.1 Å². The van der Waals surface area contributed by atoms with Gasteiger partial charge in [-0.25, -0.2) is 14.8 Å². The van der Waals surface area contributed by atoms with Gasteiger partial charge in [-0.15, -0.1) is 0 Å². The van der Waals surface area contributed by atoms with Crippen LogP contribution in [0.5, 0.6) is 11.6 Å². The summed E-state index contributed by atoms with van der Waals surface area (Å²) in [7, 11) is 0. The Bertz CT molecular complexity index is 2530. The van der Waals surface area contributed by atoms with E-state index >= 15 is 0 Å². The molecule has 12 nitrogen and oxygen atoms in total. The van der Waals surface area contributed by atoms with E-state index in [4.69, 9.17) is 14.5 Å². The zero-order chi connectivity index (χ0) is 38.9. The van der Waals surface area contributed by atoms with Gasteiger partial charge in [0.15, 0.2) is 15.4 Å². The fourth-order valence-corrected chi connectivity index (χ4v) is 10.3. The van der Waals surface area contributed by atoms with Gasteiger partial charge < -0.3 is 29.3 Å². The van der Waals surface area contributed by atoms with Gasteiger partial charge in [-0.05, 0) is 91.4 Å². The maximum Gasteiger partial charge on any atom is 0.512 e. The predicted octanol–water partition coefficient (Wildman–Crippen LogP) is 8.88. The van der Waals surface area contributed by atoms with Crippen LogP contribution >= 0.6 is 34.0 Å². The van der Waals surface area contributed by atoms with Gasteiger partial charge in [0.25, 0.3) is 5.91 Å². The Morgan fingerprint density at radius 2 is 1.53 bits per heavy atom. The molecule has 9 rings (SSSR count). The van der Waals surface area contributed by atoms with Crippen molar-refractivity contribution >= 4 is 87.6 Å². The van der Waals surface area contributed by atoms with Crippen molar-refractivity contribution in [1.29, 1.82) is 0 Å². The van der Waals surface area contributed by atoms with Crippen LogP contribution in [-0.2, 0) is 19.4 Å². The molecule has 3 aromatic heterocycles. The number of aromatic nitrogens is 3. The lowest BCUT2D eigenvalue weighted by Crippen LogP contribution is -2.46. The average molecular weight is 818 g/mol. The van der Waals surface area contributed by atoms with Gasteiger partial charge in [0.1, 0.15) is 5.75 Å². The number of carbonyl (C=O) groups excluding carboxylic acids is 1. The normalized spacial score (nSPS) is 14.2. The first-order valence-electron chi connectivity index (χ1n) is 18.9. The van der Waals surface area contributed by atoms with Gasteiger partial charge in [-0.1, -0.05) is 70.4 Å². The number of piperazine rings is 1. The summed E-state index contributed by atoms with van der Waals surface area (Å²) in [6.07, 6.45) is 0.492. The van der Waals surface area contributed by atoms with Crippen LogP contribution in [0.25, 0.3) is 20.4 Å². The number of para-hydroxylation sites is 2. The summed E-state index contributed by atoms with van der Waals surface area (Å²) in [5, 5.41) is 14.8. The van der Waals surface area contributed by atoms with E-state index < -0.39 is 6.16 Å². The Hall–Kier alpha value is -5.77. The molecule has 2 N–H and O–H groups in total. The second kappa shape index (κ2) is 16.0. The molecule has 290 valence electrons. The van der Waals surface area contributed by atoms with Crippen molar-refractivity contribution in [3.63, 3.8) is 0 Å². The maximum atomic E-state index is 13.5. The summed E-state index contributed by atoms with van der Waals surface area (Å²) in [5.74, 6) is 0.708. The van der Waals surface area contributed by atoms with Gasteiger partial charge >= 0.3 is 6.16 Å². The fourth-order valence-electron chi connectivity index (χ4n) is 7.39. The van der Waals surface area contributed by atoms with Crippen LogP contribution in [0.15, 0.2) is 84.9 Å². The predicted molar refractivity (Wildman–Crippen MR) is 229 cm³/mol. The van der Waals surface area contributed by atoms with E-state index in [9.17, 15) is 14.7 Å². The van der Waals surface area contributed by atoms with E-state index in [2.05, 4.69) is 73.3 Å². The minimum atomic E-state index is -1.41. The fraction of sp³-hybridized carbons (Fsp3) is 0.262. The highest BCUT2D eigenvalue weighted by Gasteiger charge is 2.27. The highest BCUT2D eigenvalue weighted by atomic mass is 32.1. The molecule has 4 aromatic carbocycles. The second-order valence-electron chi connectivity index (χ2n) is 14.0. The molecule has 0 spiro atoms. The molecule has 0 radical (unpaired) electrons. The number of thiazole rings is 3. The van der Waals surface area contributed by atoms with Crippen LogP contribution < -0.4 is 29.5 Å². The lowest BCUT2D eigenvalue weighted by Gasteiger charge is -2.36. The highest BCUT2D eigenvalue weighted by molar-refractivity contribution is 7.22. The number of carboxylic acid groups (broad SMARTS) is 1. The van der Waals surface area contributed by atoms with Crippen LogP contribution in [0.4, 0.5) is 25.9 Å². The molecule has 2 aliphatic heterocycles. The second-order valence-corrected chi connectivity index (χ2v) is 17.1. The lowest BCUT2D eigenvalue weighted by molar-refractivity contribution is 0.102. The summed E-state index contributed by atoms with van der Waals surface area (Å²) in [4.78, 5) is 46.9. The zero-order valence-corrected chi connectivity index (χ0v) is 33.6. The van der Waals surface area contributed by atoms with E-state index in [-0.39, 0.29) is 11.8 Å². The monoisotopic (exact) mass is 817 g/mol. The quantitative estimate of drug-likeness (QED) is 0.0958. The summed E-state index contributed by atoms with van der Waals surface area (Å²) in [6, 6.07) is 28.2. The van der Waals surface area contributed by atoms with Crippen molar-refractivity contribution in [2.45, 2.75) is 32.7 Å². The maximum absolute atomic E-state index is 13.5. The van der Waals surface area contributed by atoms with E-state index in [1.807, 2.05) is 48.5 Å². The van der Waals surface area contributed by atoms with Crippen molar-refractivity contribution < 1.29 is 24.2 Å². The molecule has 0 atom stereocenters. The summed E-state index contributed by atoms with van der Waals surface area (Å²) in [5.41, 5.74) is 6.75. The third-order valence-corrected chi connectivity index (χ3v) is 13.5. The molecule has 2 aliphatic rings. The summed E-state index contributed by atoms with van der Waals surface area (Å²) >= 11 is 4.61. The minimum absolute atomic E-state index is 0.0962. The molecule has 15 heteroatoms. The van der Waals surface area contributed by atoms with Crippen LogP contribution in [0.1, 0.15) is 38.3 Å². The molecular formula is C42H39N7O5S3. The number of nitrogens with zero attached hydrogens (tertiary/aromatic N) is 6. The van der Waals surface area contributed by atoms with Crippen molar-refractivity contribution in [3.8, 4) is 11.6 Å². The van der Waals surface area contributed by atoms with E-state index in [1.165, 1.54) is 33.1 Å². The number of nitrogens with one attached hydrogen (secondary N) is 1. The Kier molecular flexibility index (Phi) is 10.3. The molecular weight excluding hydrogens is 779 g/mol. The highest BCUT2D eigenvalue weighted by Crippen LogP contribution is 2.37. The van der Waals surface area contributed by atoms with Crippen molar-refractivity contribution in [2.75, 3.05) is 59.3 Å². The molecule has 7 aromatic rings. The number of carbonyl (C=O) groups is 2. The zero-order valence-electron chi connectivity index (χ0n) is 31.1. The first-order chi connectivity index (χ1) is 27.8. The first-order valence-corrected chi connectivity index (χ1v) is 21.3. The number of hydrogen-bond acceptors (Lipinski definition) is 13. The molecule has 0 aliphatic carbocycles. The standard InChI is InChI=1S/C42H39N7O5S3/c1-26-24-28(47-19-21-48(22-20-47)40-44-32-11-3-5-13-35(32)56-40)15-16-33(26)53-23-7-14-36-38(54-42(51)52)46-41(57-36)49-18-17-27-8-6-9-29(30(27)25-49)37(50)45-39-43-31-10-2-4-12-34(31)55-39/h2-6,8-13,15-16,24H,7,14,17-23,25H2,1H3,(H,51,52)(H,43,45,50). The van der Waals surface area contributed by atoms with Gasteiger partial charge in [-0.2, -0.15) is 4.98 Å². The third kappa shape index (κ3) is 7.95. The first kappa shape index (κ1) is 36.8. The van der Waals surface area contributed by atoms with Crippen molar-refractivity contribution in [1.82, 2.24) is 15.0 Å². The van der Waals surface area contributed by atoms with Crippen LogP contribution in [0.3, 0.4) is 0 Å². The molecule has 0 bridgehead atoms. The lowest BCUT2D eigenvalue weighted by atomic mass is 9.94. The number of amides is 1. The van der Waals surface area contributed by atoms with Gasteiger partial charge in [0.2, 0.25) is 5.88 Å². The van der Waals surface area contributed by atoms with E-state index in [1.54, 1.807) is 11.3 Å². The van der Waals surface area contributed by atoms with Crippen molar-refractivity contribution in [3.05, 3.63) is 112 Å². The third-order valence-electron chi connectivity index (χ3n) is 10.3. The number of anilines is 4. The number of fused-ring (bicyclic) bond motifs is 3. The molecule has 1 amide bonds. The molecule has 0 saturated carbocycles. The number of hydrogen-bond donors (Lipinski definition) is 2. The Morgan fingerprint density at radius 3 is 2.28 bits per heavy atom. The molecule has 5 heterocycles. The minimum Gasteiger partial charge on any atom is -0.493 e. The SMILES string of the molecule is Cc1cc(N2CCN(c3nc4ccccc4s3)CC2)ccc1OCCCc1sc(N2CCc3cccc(C(=O)Nc4nc5ccccc5s4)c3C2)nc1OC(=O)O. The average Bonchev–Trinajstić information content (AvgIpc) is 3.96. The van der Waals surface area contributed by atoms with E-state index in [0.29, 0.717) is 54.8 Å². The molecule has 0 unspecified atom stereocenters. The van der Waals surface area contributed by atoms with Crippen molar-refractivity contribution in [2.24, 2.45) is 0 Å². The smallest absolute Gasteiger partial charge is 0.493 e. The summed E-state index contributed by atoms with van der Waals surface area (Å²) < 4.78 is 13.6. The largest absolute Gasteiger partial charge is 0.512 e. The molecule has 1 fully saturated rings. The Labute approximate surface area is 341 Å². The Balaban J connectivity index is 0.811. The number of benzene rings is 4. The molecule has 57 heavy (non-hydrogen) atoms. The topological polar surface area (TPSA) is 133 Å². The number of rotatable bonds is 11. The van der Waals surface area contributed by atoms with Crippen LogP contribution in [0, 0.1) is 6.92 Å². The van der Waals surface area contributed by atoms with Gasteiger partial charge in [0, 0.05) is 50.5 Å². The summed E-state index contributed by atoms with van der Waals surface area (Å²) in [6.45, 7) is 7.31. The van der Waals surface area contributed by atoms with E-state index in [0.717, 1.165) is 74.4 Å².